The van der Waals surface area contributed by atoms with E-state index in [0.29, 0.717) is 17.9 Å². The first-order chi connectivity index (χ1) is 17.0. The third-order valence-electron chi connectivity index (χ3n) is 6.13. The van der Waals surface area contributed by atoms with E-state index in [-0.39, 0.29) is 17.9 Å². The monoisotopic (exact) mass is 526 g/mol. The lowest BCUT2D eigenvalue weighted by Crippen LogP contribution is -2.26. The van der Waals surface area contributed by atoms with Crippen molar-refractivity contribution in [3.05, 3.63) is 64.5 Å². The molecule has 3 heterocycles. The van der Waals surface area contributed by atoms with Gasteiger partial charge in [-0.25, -0.2) is 17.8 Å². The van der Waals surface area contributed by atoms with Crippen LogP contribution in [0.1, 0.15) is 24.1 Å². The molecule has 0 saturated carbocycles. The summed E-state index contributed by atoms with van der Waals surface area (Å²) in [5.74, 6) is 0.0777. The number of aromatic hydroxyl groups is 1. The second-order valence-electron chi connectivity index (χ2n) is 8.44. The van der Waals surface area contributed by atoms with Crippen LogP contribution in [0.25, 0.3) is 5.69 Å². The molecule has 2 aromatic heterocycles. The molecule has 1 aromatic carbocycles. The topological polar surface area (TPSA) is 107 Å². The van der Waals surface area contributed by atoms with Gasteiger partial charge in [0.2, 0.25) is 5.88 Å². The van der Waals surface area contributed by atoms with Gasteiger partial charge < -0.3 is 9.84 Å². The zero-order chi connectivity index (χ0) is 26.1. The minimum atomic E-state index is -5.54. The maximum atomic E-state index is 13.2. The molecule has 0 amide bonds. The highest BCUT2D eigenvalue weighted by Crippen LogP contribution is 2.31. The van der Waals surface area contributed by atoms with Crippen LogP contribution < -0.4 is 10.4 Å². The molecule has 0 unspecified atom stereocenters. The number of benzene rings is 1. The molecule has 0 bridgehead atoms. The summed E-state index contributed by atoms with van der Waals surface area (Å²) in [7, 11) is -5.54. The van der Waals surface area contributed by atoms with Crippen molar-refractivity contribution in [3.8, 4) is 17.3 Å². The lowest BCUT2D eigenvalue weighted by molar-refractivity contribution is -0.0436. The number of rotatable bonds is 8. The minimum Gasteiger partial charge on any atom is -0.493 e. The van der Waals surface area contributed by atoms with Gasteiger partial charge in [0.05, 0.1) is 29.0 Å². The van der Waals surface area contributed by atoms with Gasteiger partial charge in [0, 0.05) is 18.3 Å². The number of imidazole rings is 1. The molecule has 1 aliphatic heterocycles. The van der Waals surface area contributed by atoms with Crippen molar-refractivity contribution in [2.75, 3.05) is 26.2 Å². The van der Waals surface area contributed by atoms with Crippen molar-refractivity contribution in [2.45, 2.75) is 36.7 Å². The van der Waals surface area contributed by atoms with E-state index in [1.165, 1.54) is 24.3 Å². The zero-order valence-electron chi connectivity index (χ0n) is 19.4. The fourth-order valence-corrected chi connectivity index (χ4v) is 4.86. The quantitative estimate of drug-likeness (QED) is 0.481. The number of alkyl halides is 3. The number of hydrogen-bond donors (Lipinski definition) is 1. The van der Waals surface area contributed by atoms with Crippen LogP contribution in [0, 0.1) is 6.92 Å². The summed E-state index contributed by atoms with van der Waals surface area (Å²) in [4.78, 5) is 18.6. The normalized spacial score (nSPS) is 14.9. The van der Waals surface area contributed by atoms with Gasteiger partial charge >= 0.3 is 11.2 Å². The predicted octanol–water partition coefficient (Wildman–Crippen LogP) is 2.86. The van der Waals surface area contributed by atoms with Crippen molar-refractivity contribution in [2.24, 2.45) is 0 Å². The van der Waals surface area contributed by atoms with E-state index in [1.54, 1.807) is 18.5 Å². The van der Waals surface area contributed by atoms with E-state index < -0.39 is 31.8 Å². The molecule has 0 radical (unpaired) electrons. The highest BCUT2D eigenvalue weighted by Gasteiger charge is 2.46. The standard InChI is InChI=1S/C23H25F3N4O5S/c1-16-21(31)30(18-4-6-19(7-5-18)36(33,34)23(24,25)26)22(32)29(16)15-17-8-9-27-14-20(17)35-13-12-28-10-2-3-11-28/h4-9,14,31H,2-3,10-13,15H2,1H3. The molecule has 3 aromatic rings. The van der Waals surface area contributed by atoms with Gasteiger partial charge in [0.25, 0.3) is 9.84 Å². The van der Waals surface area contributed by atoms with Crippen LogP contribution in [-0.2, 0) is 16.4 Å². The van der Waals surface area contributed by atoms with Crippen LogP contribution in [0.3, 0.4) is 0 Å². The number of halogens is 3. The van der Waals surface area contributed by atoms with Crippen molar-refractivity contribution in [1.82, 2.24) is 19.0 Å². The molecule has 1 N–H and O–H groups in total. The summed E-state index contributed by atoms with van der Waals surface area (Å²) < 4.78 is 69.8. The Kier molecular flexibility index (Phi) is 7.14. The Morgan fingerprint density at radius 3 is 2.42 bits per heavy atom. The second-order valence-corrected chi connectivity index (χ2v) is 10.4. The maximum absolute atomic E-state index is 13.2. The number of aromatic nitrogens is 3. The molecule has 0 atom stereocenters. The summed E-state index contributed by atoms with van der Waals surface area (Å²) in [5.41, 5.74) is -5.23. The summed E-state index contributed by atoms with van der Waals surface area (Å²) >= 11 is 0. The third-order valence-corrected chi connectivity index (χ3v) is 7.64. The van der Waals surface area contributed by atoms with E-state index >= 15 is 0 Å². The van der Waals surface area contributed by atoms with Gasteiger partial charge in [-0.15, -0.1) is 0 Å². The molecule has 1 saturated heterocycles. The Morgan fingerprint density at radius 1 is 1.11 bits per heavy atom. The van der Waals surface area contributed by atoms with Gasteiger partial charge in [-0.3, -0.25) is 14.5 Å². The van der Waals surface area contributed by atoms with Gasteiger partial charge in [0.15, 0.2) is 0 Å². The third kappa shape index (κ3) is 4.98. The first-order valence-corrected chi connectivity index (χ1v) is 12.7. The van der Waals surface area contributed by atoms with E-state index in [0.717, 1.165) is 48.5 Å². The Morgan fingerprint density at radius 2 is 1.78 bits per heavy atom. The number of nitrogens with zero attached hydrogens (tertiary/aromatic N) is 4. The molecular formula is C23H25F3N4O5S. The molecule has 0 spiro atoms. The SMILES string of the molecule is Cc1c(O)n(-c2ccc(S(=O)(=O)C(F)(F)F)cc2)c(=O)n1Cc1ccncc1OCCN1CCCC1. The molecule has 9 nitrogen and oxygen atoms in total. The Labute approximate surface area is 205 Å². The van der Waals surface area contributed by atoms with Crippen LogP contribution in [0.2, 0.25) is 0 Å². The maximum Gasteiger partial charge on any atom is 0.501 e. The average molecular weight is 527 g/mol. The predicted molar refractivity (Wildman–Crippen MR) is 124 cm³/mol. The van der Waals surface area contributed by atoms with Crippen molar-refractivity contribution < 1.29 is 31.4 Å². The summed E-state index contributed by atoms with van der Waals surface area (Å²) in [6, 6.07) is 5.24. The highest BCUT2D eigenvalue weighted by molar-refractivity contribution is 7.92. The molecule has 4 rings (SSSR count). The Bertz CT molecular complexity index is 1390. The fraction of sp³-hybridized carbons (Fsp3) is 0.391. The number of hydrogen-bond acceptors (Lipinski definition) is 7. The minimum absolute atomic E-state index is 0.0114. The van der Waals surface area contributed by atoms with Crippen LogP contribution >= 0.6 is 0 Å². The smallest absolute Gasteiger partial charge is 0.493 e. The van der Waals surface area contributed by atoms with Crippen LogP contribution in [0.5, 0.6) is 11.6 Å². The lowest BCUT2D eigenvalue weighted by atomic mass is 10.2. The molecule has 36 heavy (non-hydrogen) atoms. The number of ether oxygens (including phenoxy) is 1. The van der Waals surface area contributed by atoms with E-state index in [9.17, 15) is 31.5 Å². The van der Waals surface area contributed by atoms with Crippen molar-refractivity contribution in [1.29, 1.82) is 0 Å². The number of sulfone groups is 1. The van der Waals surface area contributed by atoms with Crippen LogP contribution in [0.4, 0.5) is 13.2 Å². The van der Waals surface area contributed by atoms with Gasteiger partial charge in [-0.1, -0.05) is 0 Å². The number of pyridine rings is 1. The van der Waals surface area contributed by atoms with Crippen molar-refractivity contribution >= 4 is 9.84 Å². The summed E-state index contributed by atoms with van der Waals surface area (Å²) in [6.45, 7) is 4.86. The first-order valence-electron chi connectivity index (χ1n) is 11.2. The molecular weight excluding hydrogens is 501 g/mol. The van der Waals surface area contributed by atoms with Crippen LogP contribution in [0.15, 0.2) is 52.4 Å². The lowest BCUT2D eigenvalue weighted by Gasteiger charge is -2.16. The average Bonchev–Trinajstić information content (AvgIpc) is 3.42. The van der Waals surface area contributed by atoms with Gasteiger partial charge in [-0.05, 0) is 63.2 Å². The van der Waals surface area contributed by atoms with E-state index in [1.807, 2.05) is 0 Å². The van der Waals surface area contributed by atoms with Crippen LogP contribution in [-0.4, -0.2) is 64.3 Å². The molecule has 194 valence electrons. The van der Waals surface area contributed by atoms with E-state index in [2.05, 4.69) is 9.88 Å². The van der Waals surface area contributed by atoms with Crippen molar-refractivity contribution in [3.63, 3.8) is 0 Å². The Hall–Kier alpha value is -3.32. The Balaban J connectivity index is 1.58. The second kappa shape index (κ2) is 9.97. The summed E-state index contributed by atoms with van der Waals surface area (Å²) in [6.07, 6.45) is 5.44. The fourth-order valence-electron chi connectivity index (χ4n) is 4.09. The first kappa shape index (κ1) is 25.8. The largest absolute Gasteiger partial charge is 0.501 e. The summed E-state index contributed by atoms with van der Waals surface area (Å²) in [5, 5.41) is 10.6. The molecule has 13 heteroatoms. The van der Waals surface area contributed by atoms with E-state index in [4.69, 9.17) is 4.74 Å². The van der Waals surface area contributed by atoms with Gasteiger partial charge in [-0.2, -0.15) is 13.2 Å². The molecule has 1 aliphatic rings. The molecule has 1 fully saturated rings. The van der Waals surface area contributed by atoms with Gasteiger partial charge in [0.1, 0.15) is 12.4 Å². The zero-order valence-corrected chi connectivity index (χ0v) is 20.2. The molecule has 0 aliphatic carbocycles. The number of likely N-dealkylation sites (tertiary alicyclic amines) is 1. The highest BCUT2D eigenvalue weighted by atomic mass is 32.2.